The number of rotatable bonds is 4. The monoisotopic (exact) mass is 267 g/mol. The average molecular weight is 267 g/mol. The summed E-state index contributed by atoms with van der Waals surface area (Å²) in [4.78, 5) is 16.8. The van der Waals surface area contributed by atoms with E-state index >= 15 is 0 Å². The van der Waals surface area contributed by atoms with Gasteiger partial charge >= 0.3 is 0 Å². The Bertz CT molecular complexity index is 267. The van der Waals surface area contributed by atoms with Gasteiger partial charge in [-0.25, -0.2) is 0 Å². The van der Waals surface area contributed by atoms with E-state index in [1.807, 2.05) is 0 Å². The van der Waals surface area contributed by atoms with Crippen molar-refractivity contribution in [2.24, 2.45) is 0 Å². The van der Waals surface area contributed by atoms with Crippen LogP contribution in [0.3, 0.4) is 0 Å². The van der Waals surface area contributed by atoms with E-state index in [9.17, 15) is 4.79 Å². The number of nitrogens with one attached hydrogen (secondary N) is 1. The summed E-state index contributed by atoms with van der Waals surface area (Å²) < 4.78 is 0. The Hall–Kier alpha value is -0.610. The predicted octanol–water partition coefficient (Wildman–Crippen LogP) is 1.46. The third-order valence-corrected chi connectivity index (χ3v) is 4.50. The van der Waals surface area contributed by atoms with E-state index in [2.05, 4.69) is 22.0 Å². The molecule has 0 spiro atoms. The van der Waals surface area contributed by atoms with Crippen molar-refractivity contribution in [2.45, 2.75) is 51.5 Å². The number of hydrogen-bond donors (Lipinski definition) is 1. The van der Waals surface area contributed by atoms with Gasteiger partial charge in [-0.1, -0.05) is 32.6 Å². The van der Waals surface area contributed by atoms with Crippen LogP contribution in [0.4, 0.5) is 0 Å². The van der Waals surface area contributed by atoms with Crippen LogP contribution < -0.4 is 5.32 Å². The summed E-state index contributed by atoms with van der Waals surface area (Å²) in [7, 11) is 0. The predicted molar refractivity (Wildman–Crippen MR) is 78.2 cm³/mol. The van der Waals surface area contributed by atoms with E-state index in [1.54, 1.807) is 0 Å². The first kappa shape index (κ1) is 14.8. The maximum absolute atomic E-state index is 12.1. The van der Waals surface area contributed by atoms with Crippen molar-refractivity contribution >= 4 is 5.91 Å². The number of piperazine rings is 1. The lowest BCUT2D eigenvalue weighted by molar-refractivity contribution is -0.123. The van der Waals surface area contributed by atoms with Crippen LogP contribution in [0.2, 0.25) is 0 Å². The molecule has 1 aliphatic heterocycles. The Balaban J connectivity index is 1.66. The second kappa shape index (κ2) is 7.85. The molecule has 1 amide bonds. The molecule has 0 bridgehead atoms. The van der Waals surface area contributed by atoms with Crippen LogP contribution in [0.5, 0.6) is 0 Å². The molecule has 0 unspecified atom stereocenters. The third-order valence-electron chi connectivity index (χ3n) is 4.50. The van der Waals surface area contributed by atoms with Crippen molar-refractivity contribution in [2.75, 3.05) is 39.3 Å². The highest BCUT2D eigenvalue weighted by Gasteiger charge is 2.20. The second-order valence-corrected chi connectivity index (χ2v) is 5.97. The molecule has 1 saturated heterocycles. The molecule has 0 aromatic heterocycles. The maximum Gasteiger partial charge on any atom is 0.234 e. The van der Waals surface area contributed by atoms with Crippen molar-refractivity contribution < 1.29 is 4.79 Å². The van der Waals surface area contributed by atoms with Gasteiger partial charge in [0.2, 0.25) is 5.91 Å². The van der Waals surface area contributed by atoms with Gasteiger partial charge < -0.3 is 10.2 Å². The zero-order valence-corrected chi connectivity index (χ0v) is 12.4. The SMILES string of the molecule is CCN1CCN(CC(=O)NC2CCCCCC2)CC1. The minimum Gasteiger partial charge on any atom is -0.352 e. The summed E-state index contributed by atoms with van der Waals surface area (Å²) in [5.41, 5.74) is 0. The zero-order valence-electron chi connectivity index (χ0n) is 12.4. The van der Waals surface area contributed by atoms with E-state index in [1.165, 1.54) is 38.5 Å². The van der Waals surface area contributed by atoms with Crippen molar-refractivity contribution in [1.29, 1.82) is 0 Å². The summed E-state index contributed by atoms with van der Waals surface area (Å²) in [6.07, 6.45) is 7.58. The van der Waals surface area contributed by atoms with Gasteiger partial charge in [0.15, 0.2) is 0 Å². The molecule has 0 atom stereocenters. The van der Waals surface area contributed by atoms with Crippen molar-refractivity contribution in [3.63, 3.8) is 0 Å². The van der Waals surface area contributed by atoms with Crippen LogP contribution in [0.25, 0.3) is 0 Å². The van der Waals surface area contributed by atoms with Crippen LogP contribution >= 0.6 is 0 Å². The summed E-state index contributed by atoms with van der Waals surface area (Å²) in [5, 5.41) is 3.24. The molecule has 0 aromatic carbocycles. The summed E-state index contributed by atoms with van der Waals surface area (Å²) in [5.74, 6) is 0.233. The first-order valence-corrected chi connectivity index (χ1v) is 8.02. The van der Waals surface area contributed by atoms with Crippen LogP contribution in [0.15, 0.2) is 0 Å². The molecule has 0 radical (unpaired) electrons. The molecule has 2 rings (SSSR count). The van der Waals surface area contributed by atoms with E-state index in [0.29, 0.717) is 12.6 Å². The molecule has 1 aliphatic carbocycles. The molecule has 1 N–H and O–H groups in total. The molecule has 4 heteroatoms. The third kappa shape index (κ3) is 5.11. The smallest absolute Gasteiger partial charge is 0.234 e. The molecule has 1 heterocycles. The highest BCUT2D eigenvalue weighted by molar-refractivity contribution is 5.78. The fourth-order valence-corrected chi connectivity index (χ4v) is 3.16. The highest BCUT2D eigenvalue weighted by atomic mass is 16.2. The standard InChI is InChI=1S/C15H29N3O/c1-2-17-9-11-18(12-10-17)13-15(19)16-14-7-5-3-4-6-8-14/h14H,2-13H2,1H3,(H,16,19). The fourth-order valence-electron chi connectivity index (χ4n) is 3.16. The van der Waals surface area contributed by atoms with Crippen LogP contribution in [-0.4, -0.2) is 61.0 Å². The Morgan fingerprint density at radius 3 is 2.16 bits per heavy atom. The molecule has 0 aromatic rings. The van der Waals surface area contributed by atoms with Gasteiger partial charge in [-0.2, -0.15) is 0 Å². The maximum atomic E-state index is 12.1. The number of nitrogens with zero attached hydrogens (tertiary/aromatic N) is 2. The summed E-state index contributed by atoms with van der Waals surface area (Å²) in [6.45, 7) is 8.20. The Kier molecular flexibility index (Phi) is 6.11. The molecule has 110 valence electrons. The molecule has 2 fully saturated rings. The molecule has 1 saturated carbocycles. The first-order valence-electron chi connectivity index (χ1n) is 8.02. The van der Waals surface area contributed by atoms with Gasteiger partial charge in [0, 0.05) is 32.2 Å². The number of amides is 1. The van der Waals surface area contributed by atoms with E-state index in [0.717, 1.165) is 32.7 Å². The zero-order chi connectivity index (χ0) is 13.5. The van der Waals surface area contributed by atoms with E-state index < -0.39 is 0 Å². The molecule has 2 aliphatic rings. The van der Waals surface area contributed by atoms with Crippen molar-refractivity contribution in [3.8, 4) is 0 Å². The van der Waals surface area contributed by atoms with Gasteiger partial charge in [-0.15, -0.1) is 0 Å². The molecular formula is C15H29N3O. The number of hydrogen-bond acceptors (Lipinski definition) is 3. The molecule has 19 heavy (non-hydrogen) atoms. The van der Waals surface area contributed by atoms with Crippen molar-refractivity contribution in [1.82, 2.24) is 15.1 Å². The first-order chi connectivity index (χ1) is 9.28. The lowest BCUT2D eigenvalue weighted by Crippen LogP contribution is -2.50. The minimum absolute atomic E-state index is 0.233. The second-order valence-electron chi connectivity index (χ2n) is 5.97. The van der Waals surface area contributed by atoms with Crippen LogP contribution in [-0.2, 0) is 4.79 Å². The van der Waals surface area contributed by atoms with E-state index in [-0.39, 0.29) is 5.91 Å². The average Bonchev–Trinajstić information content (AvgIpc) is 2.68. The van der Waals surface area contributed by atoms with Gasteiger partial charge in [-0.05, 0) is 19.4 Å². The van der Waals surface area contributed by atoms with Crippen LogP contribution in [0, 0.1) is 0 Å². The fraction of sp³-hybridized carbons (Fsp3) is 0.933. The van der Waals surface area contributed by atoms with E-state index in [4.69, 9.17) is 0 Å². The Morgan fingerprint density at radius 2 is 1.58 bits per heavy atom. The highest BCUT2D eigenvalue weighted by Crippen LogP contribution is 2.17. The molecule has 4 nitrogen and oxygen atoms in total. The normalized spacial score (nSPS) is 24.1. The lowest BCUT2D eigenvalue weighted by Gasteiger charge is -2.33. The molecular weight excluding hydrogens is 238 g/mol. The quantitative estimate of drug-likeness (QED) is 0.783. The van der Waals surface area contributed by atoms with Crippen LogP contribution in [0.1, 0.15) is 45.4 Å². The Labute approximate surface area is 117 Å². The summed E-state index contributed by atoms with van der Waals surface area (Å²) in [6, 6.07) is 0.437. The topological polar surface area (TPSA) is 35.6 Å². The number of carbonyl (C=O) groups is 1. The van der Waals surface area contributed by atoms with Gasteiger partial charge in [-0.3, -0.25) is 9.69 Å². The van der Waals surface area contributed by atoms with Gasteiger partial charge in [0.05, 0.1) is 6.54 Å². The number of likely N-dealkylation sites (N-methyl/N-ethyl adjacent to an activating group) is 1. The minimum atomic E-state index is 0.233. The van der Waals surface area contributed by atoms with Crippen molar-refractivity contribution in [3.05, 3.63) is 0 Å². The largest absolute Gasteiger partial charge is 0.352 e. The van der Waals surface area contributed by atoms with Gasteiger partial charge in [0.25, 0.3) is 0 Å². The summed E-state index contributed by atoms with van der Waals surface area (Å²) >= 11 is 0. The lowest BCUT2D eigenvalue weighted by atomic mass is 10.1. The van der Waals surface area contributed by atoms with Gasteiger partial charge in [0.1, 0.15) is 0 Å². The number of carbonyl (C=O) groups excluding carboxylic acids is 1. The Morgan fingerprint density at radius 1 is 1.00 bits per heavy atom.